The number of methoxy groups -OCH3 is 1. The SMILES string of the molecule is COc1ccc2cc1Oc1cccc(c1)CO[C@@H]1CCN(C(=O)c3c(C)nn4c(C)cc(C)nc34)C[C@@H]1NC(=O)CC2. The van der Waals surface area contributed by atoms with E-state index in [-0.39, 0.29) is 30.4 Å². The van der Waals surface area contributed by atoms with E-state index in [0.717, 1.165) is 22.5 Å². The number of benzene rings is 2. The number of nitrogens with zero attached hydrogens (tertiary/aromatic N) is 4. The van der Waals surface area contributed by atoms with E-state index < -0.39 is 0 Å². The third-order valence-corrected chi connectivity index (χ3v) is 7.93. The number of fused-ring (bicyclic) bond motifs is 6. The molecule has 10 heteroatoms. The highest BCUT2D eigenvalue weighted by Gasteiger charge is 2.35. The van der Waals surface area contributed by atoms with Crippen LogP contribution in [0.2, 0.25) is 0 Å². The molecule has 1 N–H and O–H groups in total. The molecule has 0 aliphatic carbocycles. The zero-order valence-corrected chi connectivity index (χ0v) is 24.3. The van der Waals surface area contributed by atoms with E-state index in [1.807, 2.05) is 69.3 Å². The zero-order chi connectivity index (χ0) is 29.4. The minimum absolute atomic E-state index is 0.100. The maximum absolute atomic E-state index is 13.9. The van der Waals surface area contributed by atoms with Gasteiger partial charge in [0.25, 0.3) is 5.91 Å². The summed E-state index contributed by atoms with van der Waals surface area (Å²) in [6.07, 6.45) is 1.13. The number of nitrogens with one attached hydrogen (secondary N) is 1. The van der Waals surface area contributed by atoms with Crippen LogP contribution in [0, 0.1) is 20.8 Å². The van der Waals surface area contributed by atoms with E-state index >= 15 is 0 Å². The smallest absolute Gasteiger partial charge is 0.259 e. The average molecular weight is 570 g/mol. The van der Waals surface area contributed by atoms with Crippen molar-refractivity contribution >= 4 is 17.5 Å². The van der Waals surface area contributed by atoms with Crippen LogP contribution in [0.1, 0.15) is 51.4 Å². The normalized spacial score (nSPS) is 19.2. The molecule has 6 rings (SSSR count). The van der Waals surface area contributed by atoms with Crippen LogP contribution in [-0.4, -0.2) is 63.7 Å². The van der Waals surface area contributed by atoms with Crippen molar-refractivity contribution in [1.29, 1.82) is 0 Å². The molecule has 218 valence electrons. The standard InChI is InChI=1S/C32H35N5O5/c1-19-14-20(2)37-31(33-19)30(21(3)35-37)32(39)36-13-12-26-25(17-36)34-29(38)11-9-22-8-10-27(40-4)28(16-22)42-24-7-5-6-23(15-24)18-41-26/h5-8,10,14-16,25-26H,9,11-13,17-18H2,1-4H3,(H,34,38)/t25-,26+/m0/s1. The van der Waals surface area contributed by atoms with Gasteiger partial charge < -0.3 is 24.4 Å². The quantitative estimate of drug-likeness (QED) is 0.383. The number of ether oxygens (including phenoxy) is 3. The molecule has 0 radical (unpaired) electrons. The van der Waals surface area contributed by atoms with Crippen molar-refractivity contribution in [2.24, 2.45) is 0 Å². The summed E-state index contributed by atoms with van der Waals surface area (Å²) in [5, 5.41) is 7.76. The van der Waals surface area contributed by atoms with E-state index in [2.05, 4.69) is 15.4 Å². The minimum Gasteiger partial charge on any atom is -0.493 e. The van der Waals surface area contributed by atoms with Crippen LogP contribution in [-0.2, 0) is 22.6 Å². The summed E-state index contributed by atoms with van der Waals surface area (Å²) in [6.45, 7) is 6.86. The third kappa shape index (κ3) is 5.54. The summed E-state index contributed by atoms with van der Waals surface area (Å²) in [4.78, 5) is 33.5. The van der Waals surface area contributed by atoms with Gasteiger partial charge in [0, 0.05) is 30.9 Å². The molecule has 0 unspecified atom stereocenters. The Balaban J connectivity index is 1.27. The fraction of sp³-hybridized carbons (Fsp3) is 0.375. The second-order valence-corrected chi connectivity index (χ2v) is 11.0. The van der Waals surface area contributed by atoms with Gasteiger partial charge in [-0.1, -0.05) is 18.2 Å². The fourth-order valence-electron chi connectivity index (χ4n) is 5.81. The second-order valence-electron chi connectivity index (χ2n) is 11.0. The van der Waals surface area contributed by atoms with E-state index in [0.29, 0.717) is 66.7 Å². The predicted octanol–water partition coefficient (Wildman–Crippen LogP) is 4.32. The summed E-state index contributed by atoms with van der Waals surface area (Å²) in [7, 11) is 1.60. The summed E-state index contributed by atoms with van der Waals surface area (Å²) >= 11 is 0. The molecule has 4 heterocycles. The number of amides is 2. The molecule has 2 aromatic heterocycles. The molecule has 2 amide bonds. The molecule has 2 atom stereocenters. The number of piperidine rings is 1. The number of aromatic nitrogens is 3. The summed E-state index contributed by atoms with van der Waals surface area (Å²) in [6, 6.07) is 15.0. The van der Waals surface area contributed by atoms with Crippen LogP contribution in [0.25, 0.3) is 5.65 Å². The number of likely N-dealkylation sites (tertiary alicyclic amines) is 1. The lowest BCUT2D eigenvalue weighted by Crippen LogP contribution is -2.57. The molecule has 42 heavy (non-hydrogen) atoms. The van der Waals surface area contributed by atoms with Gasteiger partial charge in [0.1, 0.15) is 11.3 Å². The second kappa shape index (κ2) is 11.4. The van der Waals surface area contributed by atoms with Crippen molar-refractivity contribution in [1.82, 2.24) is 24.8 Å². The Morgan fingerprint density at radius 2 is 1.93 bits per heavy atom. The Hall–Kier alpha value is -4.44. The Bertz CT molecular complexity index is 1660. The predicted molar refractivity (Wildman–Crippen MR) is 156 cm³/mol. The summed E-state index contributed by atoms with van der Waals surface area (Å²) in [5.74, 6) is 1.65. The highest BCUT2D eigenvalue weighted by Crippen LogP contribution is 2.33. The molecule has 4 bridgehead atoms. The Morgan fingerprint density at radius 1 is 1.07 bits per heavy atom. The van der Waals surface area contributed by atoms with Crippen molar-refractivity contribution in [3.63, 3.8) is 0 Å². The van der Waals surface area contributed by atoms with Gasteiger partial charge in [-0.2, -0.15) is 5.10 Å². The number of carbonyl (C=O) groups excluding carboxylic acids is 2. The van der Waals surface area contributed by atoms with Crippen LogP contribution in [0.15, 0.2) is 48.5 Å². The fourth-order valence-corrected chi connectivity index (χ4v) is 5.81. The number of aryl methyl sites for hydroxylation is 4. The topological polar surface area (TPSA) is 107 Å². The Kier molecular flexibility index (Phi) is 7.55. The first kappa shape index (κ1) is 27.7. The Morgan fingerprint density at radius 3 is 2.76 bits per heavy atom. The van der Waals surface area contributed by atoms with E-state index in [1.54, 1.807) is 16.5 Å². The summed E-state index contributed by atoms with van der Waals surface area (Å²) < 4.78 is 19.8. The van der Waals surface area contributed by atoms with Gasteiger partial charge in [0.2, 0.25) is 5.91 Å². The average Bonchev–Trinajstić information content (AvgIpc) is 3.30. The van der Waals surface area contributed by atoms with Crippen LogP contribution in [0.4, 0.5) is 0 Å². The molecule has 2 aliphatic heterocycles. The maximum atomic E-state index is 13.9. The molecule has 0 saturated carbocycles. The minimum atomic E-state index is -0.371. The molecule has 4 aromatic rings. The molecular formula is C32H35N5O5. The number of rotatable bonds is 2. The number of hydrogen-bond acceptors (Lipinski definition) is 7. The number of carbonyl (C=O) groups is 2. The summed E-state index contributed by atoms with van der Waals surface area (Å²) in [5.41, 5.74) is 5.33. The largest absolute Gasteiger partial charge is 0.493 e. The monoisotopic (exact) mass is 569 g/mol. The molecule has 1 saturated heterocycles. The molecule has 10 nitrogen and oxygen atoms in total. The molecular weight excluding hydrogens is 534 g/mol. The van der Waals surface area contributed by atoms with Gasteiger partial charge in [-0.15, -0.1) is 0 Å². The van der Waals surface area contributed by atoms with Gasteiger partial charge >= 0.3 is 0 Å². The first-order valence-electron chi connectivity index (χ1n) is 14.3. The van der Waals surface area contributed by atoms with Gasteiger partial charge in [0.05, 0.1) is 31.6 Å². The van der Waals surface area contributed by atoms with Crippen molar-refractivity contribution in [2.45, 2.75) is 58.8 Å². The molecule has 2 aliphatic rings. The van der Waals surface area contributed by atoms with E-state index in [1.165, 1.54) is 0 Å². The van der Waals surface area contributed by atoms with Gasteiger partial charge in [-0.05, 0) is 75.1 Å². The van der Waals surface area contributed by atoms with E-state index in [9.17, 15) is 9.59 Å². The highest BCUT2D eigenvalue weighted by molar-refractivity contribution is 6.01. The van der Waals surface area contributed by atoms with Crippen molar-refractivity contribution < 1.29 is 23.8 Å². The van der Waals surface area contributed by atoms with Crippen LogP contribution in [0.5, 0.6) is 17.2 Å². The van der Waals surface area contributed by atoms with Gasteiger partial charge in [-0.25, -0.2) is 9.50 Å². The highest BCUT2D eigenvalue weighted by atomic mass is 16.5. The van der Waals surface area contributed by atoms with Crippen molar-refractivity contribution in [3.05, 3.63) is 82.3 Å². The molecule has 1 fully saturated rings. The van der Waals surface area contributed by atoms with Crippen molar-refractivity contribution in [2.75, 3.05) is 20.2 Å². The lowest BCUT2D eigenvalue weighted by molar-refractivity contribution is -0.124. The van der Waals surface area contributed by atoms with Crippen molar-refractivity contribution in [3.8, 4) is 17.2 Å². The first-order chi connectivity index (χ1) is 20.3. The zero-order valence-electron chi connectivity index (χ0n) is 24.3. The molecule has 2 aromatic carbocycles. The molecule has 0 spiro atoms. The van der Waals surface area contributed by atoms with Gasteiger partial charge in [-0.3, -0.25) is 9.59 Å². The third-order valence-electron chi connectivity index (χ3n) is 7.93. The lowest BCUT2D eigenvalue weighted by Gasteiger charge is -2.38. The number of hydrogen-bond donors (Lipinski definition) is 1. The van der Waals surface area contributed by atoms with Crippen LogP contribution < -0.4 is 14.8 Å². The van der Waals surface area contributed by atoms with E-state index in [4.69, 9.17) is 14.2 Å². The Labute approximate surface area is 244 Å². The maximum Gasteiger partial charge on any atom is 0.259 e. The van der Waals surface area contributed by atoms with Crippen LogP contribution >= 0.6 is 0 Å². The van der Waals surface area contributed by atoms with Crippen LogP contribution in [0.3, 0.4) is 0 Å². The lowest BCUT2D eigenvalue weighted by atomic mass is 10.00. The first-order valence-corrected chi connectivity index (χ1v) is 14.3. The van der Waals surface area contributed by atoms with Gasteiger partial charge in [0.15, 0.2) is 17.1 Å².